The Morgan fingerprint density at radius 1 is 1.06 bits per heavy atom. The molecule has 0 saturated carbocycles. The van der Waals surface area contributed by atoms with Crippen molar-refractivity contribution in [1.29, 1.82) is 0 Å². The van der Waals surface area contributed by atoms with Gasteiger partial charge in [0.2, 0.25) is 5.91 Å². The molecule has 33 heavy (non-hydrogen) atoms. The van der Waals surface area contributed by atoms with Crippen molar-refractivity contribution < 1.29 is 9.53 Å². The molecule has 0 aliphatic rings. The van der Waals surface area contributed by atoms with Crippen LogP contribution in [-0.2, 0) is 11.2 Å². The maximum absolute atomic E-state index is 13.4. The summed E-state index contributed by atoms with van der Waals surface area (Å²) in [5.74, 6) is 0.375. The van der Waals surface area contributed by atoms with E-state index in [0.717, 1.165) is 12.1 Å². The molecule has 1 amide bonds. The highest BCUT2D eigenvalue weighted by Crippen LogP contribution is 2.28. The number of nitrogens with zero attached hydrogens (tertiary/aromatic N) is 2. The van der Waals surface area contributed by atoms with Crippen molar-refractivity contribution in [2.24, 2.45) is 0 Å². The van der Waals surface area contributed by atoms with E-state index in [2.05, 4.69) is 12.2 Å². The molecular weight excluding hydrogens is 434 g/mol. The summed E-state index contributed by atoms with van der Waals surface area (Å²) in [5, 5.41) is 3.40. The molecule has 1 atom stereocenters. The lowest BCUT2D eigenvalue weighted by molar-refractivity contribution is -0.115. The quantitative estimate of drug-likeness (QED) is 0.308. The van der Waals surface area contributed by atoms with Crippen LogP contribution in [0.25, 0.3) is 16.6 Å². The molecule has 4 aromatic rings. The first-order valence-corrected chi connectivity index (χ1v) is 11.6. The molecule has 1 unspecified atom stereocenters. The van der Waals surface area contributed by atoms with Crippen molar-refractivity contribution in [3.05, 3.63) is 88.7 Å². The van der Waals surface area contributed by atoms with Gasteiger partial charge in [-0.05, 0) is 55.3 Å². The zero-order valence-electron chi connectivity index (χ0n) is 18.7. The number of para-hydroxylation sites is 3. The van der Waals surface area contributed by atoms with E-state index < -0.39 is 5.25 Å². The third-order valence-corrected chi connectivity index (χ3v) is 6.42. The second kappa shape index (κ2) is 9.92. The van der Waals surface area contributed by atoms with E-state index in [4.69, 9.17) is 9.72 Å². The summed E-state index contributed by atoms with van der Waals surface area (Å²) >= 11 is 1.24. The predicted molar refractivity (Wildman–Crippen MR) is 134 cm³/mol. The van der Waals surface area contributed by atoms with Gasteiger partial charge in [0.25, 0.3) is 5.56 Å². The molecule has 7 heteroatoms. The summed E-state index contributed by atoms with van der Waals surface area (Å²) in [6.07, 6.45) is 0.910. The highest BCUT2D eigenvalue weighted by atomic mass is 32.2. The SMILES string of the molecule is CCc1ccc(-n2c(SC(C)C(=O)Nc3ccccc3OC)nc3ccccc3c2=O)cc1. The minimum Gasteiger partial charge on any atom is -0.495 e. The minimum absolute atomic E-state index is 0.162. The van der Waals surface area contributed by atoms with Crippen LogP contribution in [0.5, 0.6) is 5.75 Å². The number of nitrogens with one attached hydrogen (secondary N) is 1. The Balaban J connectivity index is 1.71. The normalized spacial score (nSPS) is 11.8. The smallest absolute Gasteiger partial charge is 0.266 e. The van der Waals surface area contributed by atoms with Gasteiger partial charge in [0.15, 0.2) is 5.16 Å². The summed E-state index contributed by atoms with van der Waals surface area (Å²) in [7, 11) is 1.56. The topological polar surface area (TPSA) is 73.2 Å². The molecule has 1 heterocycles. The summed E-state index contributed by atoms with van der Waals surface area (Å²) < 4.78 is 6.91. The number of aromatic nitrogens is 2. The van der Waals surface area contributed by atoms with Crippen molar-refractivity contribution in [3.8, 4) is 11.4 Å². The van der Waals surface area contributed by atoms with Crippen molar-refractivity contribution in [2.75, 3.05) is 12.4 Å². The third kappa shape index (κ3) is 4.78. The summed E-state index contributed by atoms with van der Waals surface area (Å²) in [6.45, 7) is 3.88. The van der Waals surface area contributed by atoms with Crippen molar-refractivity contribution in [3.63, 3.8) is 0 Å². The van der Waals surface area contributed by atoms with Gasteiger partial charge in [-0.1, -0.05) is 55.1 Å². The molecular formula is C26H25N3O3S. The van der Waals surface area contributed by atoms with Crippen LogP contribution in [0.4, 0.5) is 5.69 Å². The third-order valence-electron chi connectivity index (χ3n) is 5.36. The molecule has 0 aliphatic heterocycles. The number of hydrogen-bond donors (Lipinski definition) is 1. The number of aryl methyl sites for hydroxylation is 1. The Bertz CT molecular complexity index is 1350. The van der Waals surface area contributed by atoms with E-state index in [-0.39, 0.29) is 11.5 Å². The average molecular weight is 460 g/mol. The van der Waals surface area contributed by atoms with E-state index in [0.29, 0.717) is 27.5 Å². The number of amides is 1. The Morgan fingerprint density at radius 3 is 2.48 bits per heavy atom. The van der Waals surface area contributed by atoms with Crippen LogP contribution < -0.4 is 15.6 Å². The van der Waals surface area contributed by atoms with E-state index in [1.807, 2.05) is 54.6 Å². The Labute approximate surface area is 196 Å². The molecule has 168 valence electrons. The first kappa shape index (κ1) is 22.6. The van der Waals surface area contributed by atoms with Gasteiger partial charge in [-0.2, -0.15) is 0 Å². The molecule has 0 radical (unpaired) electrons. The fourth-order valence-corrected chi connectivity index (χ4v) is 4.42. The lowest BCUT2D eigenvalue weighted by atomic mass is 10.1. The number of anilines is 1. The van der Waals surface area contributed by atoms with Gasteiger partial charge in [-0.15, -0.1) is 0 Å². The van der Waals surface area contributed by atoms with Gasteiger partial charge >= 0.3 is 0 Å². The monoisotopic (exact) mass is 459 g/mol. The van der Waals surface area contributed by atoms with Crippen LogP contribution in [0.3, 0.4) is 0 Å². The summed E-state index contributed by atoms with van der Waals surface area (Å²) in [4.78, 5) is 31.1. The Hall–Kier alpha value is -3.58. The second-order valence-electron chi connectivity index (χ2n) is 7.52. The van der Waals surface area contributed by atoms with Crippen LogP contribution in [0.1, 0.15) is 19.4 Å². The van der Waals surface area contributed by atoms with Crippen molar-refractivity contribution in [1.82, 2.24) is 9.55 Å². The number of rotatable bonds is 7. The van der Waals surface area contributed by atoms with E-state index in [1.54, 1.807) is 36.8 Å². The zero-order chi connectivity index (χ0) is 23.4. The van der Waals surface area contributed by atoms with Crippen LogP contribution in [0, 0.1) is 0 Å². The van der Waals surface area contributed by atoms with Gasteiger partial charge in [0.1, 0.15) is 5.75 Å². The molecule has 4 rings (SSSR count). The molecule has 0 bridgehead atoms. The van der Waals surface area contributed by atoms with Gasteiger partial charge in [0, 0.05) is 0 Å². The number of thioether (sulfide) groups is 1. The molecule has 1 N–H and O–H groups in total. The largest absolute Gasteiger partial charge is 0.495 e. The highest BCUT2D eigenvalue weighted by molar-refractivity contribution is 8.00. The fraction of sp³-hybridized carbons (Fsp3) is 0.192. The van der Waals surface area contributed by atoms with Gasteiger partial charge in [-0.3, -0.25) is 14.2 Å². The molecule has 6 nitrogen and oxygen atoms in total. The van der Waals surface area contributed by atoms with Gasteiger partial charge in [0.05, 0.1) is 34.6 Å². The maximum Gasteiger partial charge on any atom is 0.266 e. The molecule has 0 saturated heterocycles. The Morgan fingerprint density at radius 2 is 1.76 bits per heavy atom. The standard InChI is InChI=1S/C26H25N3O3S/c1-4-18-13-15-19(16-14-18)29-25(31)20-9-5-6-10-21(20)28-26(29)33-17(2)24(30)27-22-11-7-8-12-23(22)32-3/h5-17H,4H2,1-3H3,(H,27,30). The van der Waals surface area contributed by atoms with Crippen LogP contribution in [-0.4, -0.2) is 27.8 Å². The average Bonchev–Trinajstić information content (AvgIpc) is 2.84. The fourth-order valence-electron chi connectivity index (χ4n) is 3.49. The number of benzene rings is 3. The number of fused-ring (bicyclic) bond motifs is 1. The number of hydrogen-bond acceptors (Lipinski definition) is 5. The van der Waals surface area contributed by atoms with E-state index in [9.17, 15) is 9.59 Å². The van der Waals surface area contributed by atoms with E-state index in [1.165, 1.54) is 17.3 Å². The first-order chi connectivity index (χ1) is 16.0. The number of carbonyl (C=O) groups is 1. The van der Waals surface area contributed by atoms with Crippen LogP contribution in [0.2, 0.25) is 0 Å². The van der Waals surface area contributed by atoms with Crippen molar-refractivity contribution in [2.45, 2.75) is 30.7 Å². The number of methoxy groups -OCH3 is 1. The van der Waals surface area contributed by atoms with Crippen molar-refractivity contribution >= 4 is 34.3 Å². The van der Waals surface area contributed by atoms with Gasteiger partial charge < -0.3 is 10.1 Å². The molecule has 3 aromatic carbocycles. The zero-order valence-corrected chi connectivity index (χ0v) is 19.6. The van der Waals surface area contributed by atoms with Crippen LogP contribution >= 0.6 is 11.8 Å². The first-order valence-electron chi connectivity index (χ1n) is 10.7. The Kier molecular flexibility index (Phi) is 6.79. The summed E-state index contributed by atoms with van der Waals surface area (Å²) in [6, 6.07) is 22.3. The van der Waals surface area contributed by atoms with Gasteiger partial charge in [-0.25, -0.2) is 4.98 Å². The second-order valence-corrected chi connectivity index (χ2v) is 8.83. The molecule has 0 spiro atoms. The minimum atomic E-state index is -0.510. The molecule has 1 aromatic heterocycles. The number of ether oxygens (including phenoxy) is 1. The summed E-state index contributed by atoms with van der Waals surface area (Å²) in [5.41, 5.74) is 2.93. The number of carbonyl (C=O) groups excluding carboxylic acids is 1. The molecule has 0 aliphatic carbocycles. The highest BCUT2D eigenvalue weighted by Gasteiger charge is 2.21. The van der Waals surface area contributed by atoms with Crippen LogP contribution in [0.15, 0.2) is 82.7 Å². The maximum atomic E-state index is 13.4. The lowest BCUT2D eigenvalue weighted by Gasteiger charge is -2.17. The molecule has 0 fully saturated rings. The predicted octanol–water partition coefficient (Wildman–Crippen LogP) is 5.08. The van der Waals surface area contributed by atoms with E-state index >= 15 is 0 Å². The lowest BCUT2D eigenvalue weighted by Crippen LogP contribution is -2.26.